The number of alkyl halides is 3. The number of aryl methyl sites for hydroxylation is 1. The van der Waals surface area contributed by atoms with Crippen LogP contribution in [0.3, 0.4) is 0 Å². The quantitative estimate of drug-likeness (QED) is 0.223. The molecule has 2 amide bonds. The number of ether oxygens (including phenoxy) is 1. The maximum absolute atomic E-state index is 13.1. The summed E-state index contributed by atoms with van der Waals surface area (Å²) >= 11 is 6.13. The van der Waals surface area contributed by atoms with Gasteiger partial charge in [0, 0.05) is 30.4 Å². The molecule has 2 aromatic carbocycles. The summed E-state index contributed by atoms with van der Waals surface area (Å²) in [6.45, 7) is 7.07. The lowest BCUT2D eigenvalue weighted by Gasteiger charge is -2.21. The van der Waals surface area contributed by atoms with E-state index >= 15 is 0 Å². The second-order valence-electron chi connectivity index (χ2n) is 10.6. The van der Waals surface area contributed by atoms with E-state index in [0.717, 1.165) is 18.1 Å². The van der Waals surface area contributed by atoms with Gasteiger partial charge in [-0.15, -0.1) is 0 Å². The van der Waals surface area contributed by atoms with Crippen molar-refractivity contribution in [3.05, 3.63) is 70.6 Å². The van der Waals surface area contributed by atoms with Crippen LogP contribution in [0.1, 0.15) is 49.4 Å². The van der Waals surface area contributed by atoms with Gasteiger partial charge in [0.15, 0.2) is 6.10 Å². The highest BCUT2D eigenvalue weighted by atomic mass is 35.5. The standard InChI is InChI=1S/C30H37ClF3N5O4/c1-6-39-17-24(38-28(39)29(3,4)42)20-9-7-19(8-10-20)13-22(15-36-26(40)16-35-5)37-27(41)21-11-12-25(23(31)14-21)43-18(2)30(32,33)34/h7-12,14,17-18,22,35,42H,6,13,15-16H2,1-5H3,(H,36,40)(H,37,41). The second-order valence-corrected chi connectivity index (χ2v) is 11.1. The van der Waals surface area contributed by atoms with Crippen LogP contribution in [0.5, 0.6) is 5.75 Å². The van der Waals surface area contributed by atoms with Crippen LogP contribution in [0, 0.1) is 0 Å². The van der Waals surface area contributed by atoms with E-state index in [0.29, 0.717) is 24.5 Å². The molecular formula is C30H37ClF3N5O4. The van der Waals surface area contributed by atoms with Gasteiger partial charge in [0.25, 0.3) is 5.91 Å². The van der Waals surface area contributed by atoms with Crippen LogP contribution in [0.15, 0.2) is 48.7 Å². The Morgan fingerprint density at radius 2 is 1.81 bits per heavy atom. The van der Waals surface area contributed by atoms with Crippen LogP contribution < -0.4 is 20.7 Å². The molecule has 0 aliphatic carbocycles. The van der Waals surface area contributed by atoms with E-state index in [1.165, 1.54) is 18.2 Å². The second kappa shape index (κ2) is 14.2. The number of aromatic nitrogens is 2. The molecule has 13 heteroatoms. The molecule has 0 aliphatic rings. The number of likely N-dealkylation sites (N-methyl/N-ethyl adjacent to an activating group) is 1. The Labute approximate surface area is 253 Å². The topological polar surface area (TPSA) is 118 Å². The lowest BCUT2D eigenvalue weighted by atomic mass is 10.0. The Morgan fingerprint density at radius 1 is 1.14 bits per heavy atom. The lowest BCUT2D eigenvalue weighted by molar-refractivity contribution is -0.189. The van der Waals surface area contributed by atoms with Crippen LogP contribution in [0.4, 0.5) is 13.2 Å². The lowest BCUT2D eigenvalue weighted by Crippen LogP contribution is -2.46. The van der Waals surface area contributed by atoms with E-state index in [1.54, 1.807) is 20.9 Å². The first-order valence-electron chi connectivity index (χ1n) is 13.8. The molecule has 0 saturated carbocycles. The minimum absolute atomic E-state index is 0.0970. The predicted octanol–water partition coefficient (Wildman–Crippen LogP) is 4.46. The van der Waals surface area contributed by atoms with Crippen molar-refractivity contribution >= 4 is 23.4 Å². The molecule has 0 aliphatic heterocycles. The van der Waals surface area contributed by atoms with Gasteiger partial charge in [0.2, 0.25) is 5.91 Å². The molecule has 0 saturated heterocycles. The fourth-order valence-electron chi connectivity index (χ4n) is 4.28. The van der Waals surface area contributed by atoms with E-state index in [4.69, 9.17) is 16.3 Å². The first kappa shape index (κ1) is 33.9. The highest BCUT2D eigenvalue weighted by Crippen LogP contribution is 2.31. The molecule has 234 valence electrons. The highest BCUT2D eigenvalue weighted by molar-refractivity contribution is 6.32. The van der Waals surface area contributed by atoms with Gasteiger partial charge < -0.3 is 30.4 Å². The molecule has 0 spiro atoms. The van der Waals surface area contributed by atoms with Crippen LogP contribution >= 0.6 is 11.6 Å². The van der Waals surface area contributed by atoms with Crippen molar-refractivity contribution in [3.63, 3.8) is 0 Å². The molecule has 0 radical (unpaired) electrons. The zero-order valence-electron chi connectivity index (χ0n) is 24.7. The third kappa shape index (κ3) is 9.44. The summed E-state index contributed by atoms with van der Waals surface area (Å²) in [6.07, 6.45) is -4.40. The fourth-order valence-corrected chi connectivity index (χ4v) is 4.50. The number of carbonyl (C=O) groups is 2. The van der Waals surface area contributed by atoms with Crippen LogP contribution in [0.2, 0.25) is 5.02 Å². The van der Waals surface area contributed by atoms with Crippen LogP contribution in [0.25, 0.3) is 11.3 Å². The molecule has 0 fully saturated rings. The average Bonchev–Trinajstić information content (AvgIpc) is 3.38. The maximum atomic E-state index is 13.1. The van der Waals surface area contributed by atoms with Gasteiger partial charge in [-0.2, -0.15) is 13.2 Å². The molecule has 9 nitrogen and oxygen atoms in total. The predicted molar refractivity (Wildman–Crippen MR) is 158 cm³/mol. The average molecular weight is 624 g/mol. The monoisotopic (exact) mass is 623 g/mol. The number of rotatable bonds is 13. The van der Waals surface area contributed by atoms with Crippen molar-refractivity contribution in [1.29, 1.82) is 0 Å². The minimum Gasteiger partial charge on any atom is -0.480 e. The van der Waals surface area contributed by atoms with Gasteiger partial charge in [0.05, 0.1) is 23.3 Å². The Bertz CT molecular complexity index is 1400. The van der Waals surface area contributed by atoms with Crippen molar-refractivity contribution in [2.45, 2.75) is 64.6 Å². The van der Waals surface area contributed by atoms with Gasteiger partial charge in [-0.3, -0.25) is 9.59 Å². The Balaban J connectivity index is 1.76. The van der Waals surface area contributed by atoms with E-state index in [1.807, 2.05) is 42.0 Å². The van der Waals surface area contributed by atoms with Gasteiger partial charge >= 0.3 is 6.18 Å². The van der Waals surface area contributed by atoms with Crippen LogP contribution in [-0.4, -0.2) is 64.9 Å². The third-order valence-corrected chi connectivity index (χ3v) is 6.87. The molecule has 43 heavy (non-hydrogen) atoms. The number of imidazole rings is 1. The number of aliphatic hydroxyl groups is 1. The maximum Gasteiger partial charge on any atom is 0.425 e. The van der Waals surface area contributed by atoms with Gasteiger partial charge in [-0.05, 0) is 64.9 Å². The number of nitrogens with one attached hydrogen (secondary N) is 3. The molecule has 1 heterocycles. The summed E-state index contributed by atoms with van der Waals surface area (Å²) in [5.41, 5.74) is 1.45. The number of hydrogen-bond acceptors (Lipinski definition) is 6. The largest absolute Gasteiger partial charge is 0.480 e. The number of benzene rings is 2. The van der Waals surface area contributed by atoms with Gasteiger partial charge in [-0.1, -0.05) is 35.9 Å². The van der Waals surface area contributed by atoms with E-state index in [2.05, 4.69) is 20.9 Å². The molecule has 2 atom stereocenters. The first-order chi connectivity index (χ1) is 20.1. The van der Waals surface area contributed by atoms with Crippen LogP contribution in [-0.2, 0) is 23.4 Å². The summed E-state index contributed by atoms with van der Waals surface area (Å²) in [7, 11) is 1.64. The summed E-state index contributed by atoms with van der Waals surface area (Å²) in [6, 6.07) is 10.8. The Morgan fingerprint density at radius 3 is 2.35 bits per heavy atom. The fraction of sp³-hybridized carbons (Fsp3) is 0.433. The number of nitrogens with zero attached hydrogens (tertiary/aromatic N) is 2. The number of amides is 2. The van der Waals surface area contributed by atoms with E-state index in [-0.39, 0.29) is 35.3 Å². The molecular weight excluding hydrogens is 587 g/mol. The summed E-state index contributed by atoms with van der Waals surface area (Å²) < 4.78 is 45.4. The van der Waals surface area contributed by atoms with Gasteiger partial charge in [-0.25, -0.2) is 4.98 Å². The Hall–Kier alpha value is -3.61. The molecule has 1 aromatic heterocycles. The zero-order chi connectivity index (χ0) is 31.9. The first-order valence-corrected chi connectivity index (χ1v) is 14.1. The minimum atomic E-state index is -4.57. The molecule has 3 aromatic rings. The number of carbonyl (C=O) groups excluding carboxylic acids is 2. The molecule has 4 N–H and O–H groups in total. The molecule has 3 rings (SSSR count). The smallest absolute Gasteiger partial charge is 0.425 e. The zero-order valence-corrected chi connectivity index (χ0v) is 25.4. The van der Waals surface area contributed by atoms with E-state index < -0.39 is 29.8 Å². The number of hydrogen-bond donors (Lipinski definition) is 4. The summed E-state index contributed by atoms with van der Waals surface area (Å²) in [4.78, 5) is 29.8. The van der Waals surface area contributed by atoms with Crippen molar-refractivity contribution in [2.75, 3.05) is 20.1 Å². The Kier molecular flexibility index (Phi) is 11.2. The molecule has 2 unspecified atom stereocenters. The van der Waals surface area contributed by atoms with E-state index in [9.17, 15) is 27.9 Å². The van der Waals surface area contributed by atoms with Gasteiger partial charge in [0.1, 0.15) is 17.2 Å². The normalized spacial score (nSPS) is 13.3. The third-order valence-electron chi connectivity index (χ3n) is 6.57. The van der Waals surface area contributed by atoms with Crippen molar-refractivity contribution in [1.82, 2.24) is 25.5 Å². The van der Waals surface area contributed by atoms with Crippen molar-refractivity contribution in [2.24, 2.45) is 0 Å². The SMILES string of the molecule is CCn1cc(-c2ccc(CC(CNC(=O)CNC)NC(=O)c3ccc(OC(C)C(F)(F)F)c(Cl)c3)cc2)nc1C(C)(C)O. The summed E-state index contributed by atoms with van der Waals surface area (Å²) in [5.74, 6) is -0.415. The van der Waals surface area contributed by atoms with Crippen molar-refractivity contribution in [3.8, 4) is 17.0 Å². The molecule has 0 bridgehead atoms. The summed E-state index contributed by atoms with van der Waals surface area (Å²) in [5, 5.41) is 18.7. The number of halogens is 4. The van der Waals surface area contributed by atoms with Crippen molar-refractivity contribution < 1.29 is 32.6 Å². The highest BCUT2D eigenvalue weighted by Gasteiger charge is 2.38.